The highest BCUT2D eigenvalue weighted by Crippen LogP contribution is 2.50. The van der Waals surface area contributed by atoms with Gasteiger partial charge < -0.3 is 9.32 Å². The third-order valence-electron chi connectivity index (χ3n) is 9.51. The van der Waals surface area contributed by atoms with Gasteiger partial charge in [-0.3, -0.25) is 0 Å². The van der Waals surface area contributed by atoms with E-state index in [0.29, 0.717) is 0 Å². The van der Waals surface area contributed by atoms with Gasteiger partial charge in [-0.1, -0.05) is 170 Å². The molecule has 0 aliphatic carbocycles. The largest absolute Gasteiger partial charge is 0.455 e. The van der Waals surface area contributed by atoms with E-state index in [9.17, 15) is 0 Å². The van der Waals surface area contributed by atoms with Crippen molar-refractivity contribution < 1.29 is 4.42 Å². The summed E-state index contributed by atoms with van der Waals surface area (Å²) < 4.78 is 6.78. The lowest BCUT2D eigenvalue weighted by Gasteiger charge is -2.31. The van der Waals surface area contributed by atoms with Crippen LogP contribution in [0, 0.1) is 0 Å². The van der Waals surface area contributed by atoms with Gasteiger partial charge in [-0.15, -0.1) is 0 Å². The van der Waals surface area contributed by atoms with Crippen molar-refractivity contribution in [1.29, 1.82) is 0 Å². The zero-order chi connectivity index (χ0) is 33.3. The van der Waals surface area contributed by atoms with Crippen LogP contribution in [0.4, 0.5) is 17.1 Å². The van der Waals surface area contributed by atoms with E-state index in [4.69, 9.17) is 4.42 Å². The molecule has 0 aliphatic heterocycles. The second kappa shape index (κ2) is 12.8. The predicted molar refractivity (Wildman–Crippen MR) is 210 cm³/mol. The van der Waals surface area contributed by atoms with Crippen LogP contribution in [0.3, 0.4) is 0 Å². The quantitative estimate of drug-likeness (QED) is 0.173. The SMILES string of the molecule is c1ccc(-c2ccccc2-c2ccccc2N(c2ccccc2-c2ccccc2)c2ccc(-c3ccccc3)c3oc4ccccc4c23)cc1. The molecule has 50 heavy (non-hydrogen) atoms. The number of rotatable bonds is 7. The molecule has 9 aromatic rings. The molecule has 1 aromatic heterocycles. The number of benzene rings is 8. The number of fused-ring (bicyclic) bond motifs is 3. The molecule has 2 heteroatoms. The molecule has 0 atom stereocenters. The number of hydrogen-bond donors (Lipinski definition) is 0. The van der Waals surface area contributed by atoms with Crippen LogP contribution in [-0.4, -0.2) is 0 Å². The first kappa shape index (κ1) is 29.5. The molecule has 0 saturated carbocycles. The number of hydrogen-bond acceptors (Lipinski definition) is 2. The highest BCUT2D eigenvalue weighted by molar-refractivity contribution is 6.18. The van der Waals surface area contributed by atoms with Gasteiger partial charge in [0.05, 0.1) is 22.4 Å². The van der Waals surface area contributed by atoms with Crippen LogP contribution in [0.15, 0.2) is 205 Å². The summed E-state index contributed by atoms with van der Waals surface area (Å²) in [5.41, 5.74) is 14.1. The van der Waals surface area contributed by atoms with Crippen molar-refractivity contribution in [2.45, 2.75) is 0 Å². The molecule has 0 amide bonds. The van der Waals surface area contributed by atoms with Crippen molar-refractivity contribution in [3.8, 4) is 44.5 Å². The Hall–Kier alpha value is -6.64. The summed E-state index contributed by atoms with van der Waals surface area (Å²) in [6, 6.07) is 71.0. The molecule has 0 bridgehead atoms. The highest BCUT2D eigenvalue weighted by Gasteiger charge is 2.26. The molecule has 0 spiro atoms. The minimum atomic E-state index is 0.867. The Labute approximate surface area is 292 Å². The number of anilines is 3. The first-order valence-electron chi connectivity index (χ1n) is 17.0. The van der Waals surface area contributed by atoms with Gasteiger partial charge in [0.25, 0.3) is 0 Å². The van der Waals surface area contributed by atoms with Gasteiger partial charge in [0.15, 0.2) is 0 Å². The normalized spacial score (nSPS) is 11.2. The van der Waals surface area contributed by atoms with Gasteiger partial charge in [-0.05, 0) is 58.1 Å². The summed E-state index contributed by atoms with van der Waals surface area (Å²) in [6.45, 7) is 0. The van der Waals surface area contributed by atoms with Crippen molar-refractivity contribution in [1.82, 2.24) is 0 Å². The average Bonchev–Trinajstić information content (AvgIpc) is 3.60. The van der Waals surface area contributed by atoms with Crippen LogP contribution in [0.2, 0.25) is 0 Å². The summed E-state index contributed by atoms with van der Waals surface area (Å²) in [7, 11) is 0. The zero-order valence-electron chi connectivity index (χ0n) is 27.4. The van der Waals surface area contributed by atoms with Crippen LogP contribution in [0.5, 0.6) is 0 Å². The monoisotopic (exact) mass is 639 g/mol. The van der Waals surface area contributed by atoms with E-state index in [1.54, 1.807) is 0 Å². The average molecular weight is 640 g/mol. The number of nitrogens with zero attached hydrogens (tertiary/aromatic N) is 1. The molecule has 0 N–H and O–H groups in total. The lowest BCUT2D eigenvalue weighted by molar-refractivity contribution is 0.670. The van der Waals surface area contributed by atoms with Gasteiger partial charge in [0.1, 0.15) is 11.2 Å². The Balaban J connectivity index is 1.38. The Bertz CT molecular complexity index is 2590. The number of para-hydroxylation sites is 3. The zero-order valence-corrected chi connectivity index (χ0v) is 27.4. The Morgan fingerprint density at radius 3 is 1.42 bits per heavy atom. The summed E-state index contributed by atoms with van der Waals surface area (Å²) in [4.78, 5) is 2.44. The van der Waals surface area contributed by atoms with Crippen molar-refractivity contribution in [3.05, 3.63) is 200 Å². The smallest absolute Gasteiger partial charge is 0.145 e. The Kier molecular flexibility index (Phi) is 7.53. The first-order valence-corrected chi connectivity index (χ1v) is 17.0. The van der Waals surface area contributed by atoms with Crippen molar-refractivity contribution in [3.63, 3.8) is 0 Å². The summed E-state index contributed by atoms with van der Waals surface area (Å²) in [5, 5.41) is 2.16. The van der Waals surface area contributed by atoms with E-state index in [2.05, 4.69) is 199 Å². The van der Waals surface area contributed by atoms with Crippen LogP contribution >= 0.6 is 0 Å². The second-order valence-electron chi connectivity index (χ2n) is 12.4. The van der Waals surface area contributed by atoms with Crippen LogP contribution in [0.25, 0.3) is 66.4 Å². The molecule has 1 heterocycles. The first-order chi connectivity index (χ1) is 24.8. The fourth-order valence-electron chi connectivity index (χ4n) is 7.25. The maximum absolute atomic E-state index is 6.78. The molecule has 236 valence electrons. The van der Waals surface area contributed by atoms with E-state index in [-0.39, 0.29) is 0 Å². The van der Waals surface area contributed by atoms with Crippen LogP contribution in [-0.2, 0) is 0 Å². The molecule has 0 unspecified atom stereocenters. The van der Waals surface area contributed by atoms with E-state index in [1.807, 2.05) is 6.07 Å². The number of furan rings is 1. The molecular formula is C48H33NO. The third kappa shape index (κ3) is 5.15. The second-order valence-corrected chi connectivity index (χ2v) is 12.4. The van der Waals surface area contributed by atoms with Gasteiger partial charge in [0.2, 0.25) is 0 Å². The van der Waals surface area contributed by atoms with Crippen LogP contribution in [0.1, 0.15) is 0 Å². The lowest BCUT2D eigenvalue weighted by Crippen LogP contribution is -2.13. The predicted octanol–water partition coefficient (Wildman–Crippen LogP) is 13.7. The maximum atomic E-state index is 6.78. The summed E-state index contributed by atoms with van der Waals surface area (Å²) in [5.74, 6) is 0. The molecule has 0 radical (unpaired) electrons. The molecule has 0 saturated heterocycles. The van der Waals surface area contributed by atoms with Crippen molar-refractivity contribution in [2.75, 3.05) is 4.90 Å². The molecule has 2 nitrogen and oxygen atoms in total. The standard InChI is InChI=1S/C48H33NO/c1-4-18-34(19-5-1)37-24-10-11-26-40(37)41-27-13-16-30-44(41)49(43-29-15-12-25-38(43)35-20-6-2-7-21-35)45-33-32-39(36-22-8-3-9-23-36)48-47(45)42-28-14-17-31-46(42)50-48/h1-33H. The minimum Gasteiger partial charge on any atom is -0.455 e. The van der Waals surface area contributed by atoms with E-state index < -0.39 is 0 Å². The highest BCUT2D eigenvalue weighted by atomic mass is 16.3. The molecule has 0 aliphatic rings. The molecule has 9 rings (SSSR count). The summed E-state index contributed by atoms with van der Waals surface area (Å²) in [6.07, 6.45) is 0. The van der Waals surface area contributed by atoms with Gasteiger partial charge in [-0.25, -0.2) is 0 Å². The minimum absolute atomic E-state index is 0.867. The Morgan fingerprint density at radius 1 is 0.300 bits per heavy atom. The fourth-order valence-corrected chi connectivity index (χ4v) is 7.25. The Morgan fingerprint density at radius 2 is 0.760 bits per heavy atom. The van der Waals surface area contributed by atoms with E-state index in [0.717, 1.165) is 66.8 Å². The third-order valence-corrected chi connectivity index (χ3v) is 9.51. The molecule has 8 aromatic carbocycles. The summed E-state index contributed by atoms with van der Waals surface area (Å²) >= 11 is 0. The van der Waals surface area contributed by atoms with E-state index >= 15 is 0 Å². The fraction of sp³-hybridized carbons (Fsp3) is 0. The van der Waals surface area contributed by atoms with Gasteiger partial charge in [-0.2, -0.15) is 0 Å². The van der Waals surface area contributed by atoms with Gasteiger partial charge in [0, 0.05) is 22.1 Å². The van der Waals surface area contributed by atoms with Crippen LogP contribution < -0.4 is 4.90 Å². The molecule has 0 fully saturated rings. The van der Waals surface area contributed by atoms with Gasteiger partial charge >= 0.3 is 0 Å². The molecular weight excluding hydrogens is 607 g/mol. The van der Waals surface area contributed by atoms with E-state index in [1.165, 1.54) is 16.7 Å². The lowest BCUT2D eigenvalue weighted by atomic mass is 9.92. The topological polar surface area (TPSA) is 16.4 Å². The van der Waals surface area contributed by atoms with Crippen molar-refractivity contribution >= 4 is 39.0 Å². The maximum Gasteiger partial charge on any atom is 0.145 e. The van der Waals surface area contributed by atoms with Crippen molar-refractivity contribution in [2.24, 2.45) is 0 Å².